The lowest BCUT2D eigenvalue weighted by atomic mass is 9.73. The molecule has 1 aromatic heterocycles. The molecule has 3 aliphatic rings. The molecule has 4 heterocycles. The zero-order chi connectivity index (χ0) is 12.1. The molecule has 96 valence electrons. The van der Waals surface area contributed by atoms with Gasteiger partial charge in [-0.1, -0.05) is 6.07 Å². The zero-order valence-corrected chi connectivity index (χ0v) is 10.7. The topological polar surface area (TPSA) is 25.2 Å². The summed E-state index contributed by atoms with van der Waals surface area (Å²) in [5.41, 5.74) is 1.50. The minimum atomic E-state index is 0.202. The van der Waals surface area contributed by atoms with Gasteiger partial charge in [-0.3, -0.25) is 9.69 Å². The molecule has 0 spiro atoms. The monoisotopic (exact) mass is 244 g/mol. The highest BCUT2D eigenvalue weighted by Gasteiger charge is 2.43. The van der Waals surface area contributed by atoms with Crippen LogP contribution >= 0.6 is 0 Å². The van der Waals surface area contributed by atoms with E-state index >= 15 is 0 Å². The van der Waals surface area contributed by atoms with E-state index in [4.69, 9.17) is 0 Å². The van der Waals surface area contributed by atoms with Gasteiger partial charge in [-0.15, -0.1) is 0 Å². The van der Waals surface area contributed by atoms with Gasteiger partial charge in [-0.2, -0.15) is 0 Å². The molecule has 3 atom stereocenters. The van der Waals surface area contributed by atoms with Crippen LogP contribution in [0.25, 0.3) is 0 Å². The fourth-order valence-corrected chi connectivity index (χ4v) is 4.52. The molecule has 0 N–H and O–H groups in total. The smallest absolute Gasteiger partial charge is 0.250 e. The van der Waals surface area contributed by atoms with Crippen LogP contribution in [0.1, 0.15) is 37.3 Å². The molecule has 0 radical (unpaired) electrons. The van der Waals surface area contributed by atoms with Crippen molar-refractivity contribution in [2.45, 2.75) is 44.2 Å². The highest BCUT2D eigenvalue weighted by molar-refractivity contribution is 5.20. The second-order valence-electron chi connectivity index (χ2n) is 6.08. The fraction of sp³-hybridized carbons (Fsp3) is 0.667. The average Bonchev–Trinajstić information content (AvgIpc) is 2.41. The van der Waals surface area contributed by atoms with Gasteiger partial charge < -0.3 is 4.57 Å². The lowest BCUT2D eigenvalue weighted by molar-refractivity contribution is 0.0180. The van der Waals surface area contributed by atoms with Crippen LogP contribution in [0.3, 0.4) is 0 Å². The van der Waals surface area contributed by atoms with E-state index in [0.717, 1.165) is 6.54 Å². The van der Waals surface area contributed by atoms with E-state index in [9.17, 15) is 4.79 Å². The van der Waals surface area contributed by atoms with Crippen molar-refractivity contribution in [1.82, 2.24) is 9.47 Å². The van der Waals surface area contributed by atoms with E-state index in [-0.39, 0.29) is 5.56 Å². The van der Waals surface area contributed by atoms with Crippen LogP contribution in [0, 0.1) is 5.92 Å². The summed E-state index contributed by atoms with van der Waals surface area (Å²) in [4.78, 5) is 14.7. The summed E-state index contributed by atoms with van der Waals surface area (Å²) >= 11 is 0. The number of nitrogens with zero attached hydrogens (tertiary/aromatic N) is 2. The largest absolute Gasteiger partial charge is 0.312 e. The molecular weight excluding hydrogens is 224 g/mol. The van der Waals surface area contributed by atoms with E-state index in [0.29, 0.717) is 17.9 Å². The van der Waals surface area contributed by atoms with Crippen molar-refractivity contribution >= 4 is 0 Å². The normalized spacial score (nSPS) is 34.8. The van der Waals surface area contributed by atoms with Gasteiger partial charge in [0.05, 0.1) is 0 Å². The van der Waals surface area contributed by atoms with Crippen LogP contribution in [-0.2, 0) is 6.54 Å². The standard InChI is InChI=1S/C15H20N2O/c18-14-7-1-6-13-12-5-3-9-16-8-2-4-11(15(12)16)10-17(13)14/h1,6-7,11-12,15H,2-5,8-10H2/t11-,12+,15-/m1/s1. The summed E-state index contributed by atoms with van der Waals surface area (Å²) in [5.74, 6) is 1.31. The number of pyridine rings is 1. The molecule has 4 rings (SSSR count). The molecule has 3 aliphatic heterocycles. The first-order chi connectivity index (χ1) is 8.84. The summed E-state index contributed by atoms with van der Waals surface area (Å²) in [6.07, 6.45) is 5.17. The Morgan fingerprint density at radius 1 is 1.11 bits per heavy atom. The van der Waals surface area contributed by atoms with Crippen molar-refractivity contribution in [3.63, 3.8) is 0 Å². The number of hydrogen-bond donors (Lipinski definition) is 0. The maximum absolute atomic E-state index is 12.0. The lowest BCUT2D eigenvalue weighted by Crippen LogP contribution is -2.56. The van der Waals surface area contributed by atoms with Gasteiger partial charge in [0.25, 0.3) is 5.56 Å². The predicted molar refractivity (Wildman–Crippen MR) is 70.8 cm³/mol. The second-order valence-corrected chi connectivity index (χ2v) is 6.08. The third-order valence-electron chi connectivity index (χ3n) is 5.18. The Morgan fingerprint density at radius 3 is 2.83 bits per heavy atom. The number of piperidine rings is 2. The molecule has 0 amide bonds. The number of rotatable bonds is 0. The van der Waals surface area contributed by atoms with Crippen molar-refractivity contribution in [3.8, 4) is 0 Å². The van der Waals surface area contributed by atoms with E-state index in [1.165, 1.54) is 44.5 Å². The Hall–Kier alpha value is -1.09. The quantitative estimate of drug-likeness (QED) is 0.695. The molecule has 0 aromatic carbocycles. The Bertz CT molecular complexity index is 519. The van der Waals surface area contributed by atoms with Crippen molar-refractivity contribution in [2.24, 2.45) is 5.92 Å². The summed E-state index contributed by atoms with van der Waals surface area (Å²) < 4.78 is 2.06. The first-order valence-corrected chi connectivity index (χ1v) is 7.28. The third kappa shape index (κ3) is 1.43. The molecule has 3 heteroatoms. The number of hydrogen-bond acceptors (Lipinski definition) is 2. The van der Waals surface area contributed by atoms with E-state index in [1.54, 1.807) is 6.07 Å². The number of fused-ring (bicyclic) bond motifs is 2. The van der Waals surface area contributed by atoms with Crippen molar-refractivity contribution in [2.75, 3.05) is 13.1 Å². The molecule has 0 saturated carbocycles. The van der Waals surface area contributed by atoms with Crippen molar-refractivity contribution in [3.05, 3.63) is 34.2 Å². The third-order valence-corrected chi connectivity index (χ3v) is 5.18. The minimum absolute atomic E-state index is 0.202. The SMILES string of the molecule is O=c1cccc2n1C[C@H]1CCCN3CCC[C@@H]2[C@@H]13. The van der Waals surface area contributed by atoms with Crippen LogP contribution in [0.5, 0.6) is 0 Å². The molecule has 2 fully saturated rings. The molecule has 0 aliphatic carbocycles. The Labute approximate surface area is 107 Å². The highest BCUT2D eigenvalue weighted by Crippen LogP contribution is 2.43. The Balaban J connectivity index is 1.84. The van der Waals surface area contributed by atoms with Crippen molar-refractivity contribution < 1.29 is 0 Å². The molecule has 3 nitrogen and oxygen atoms in total. The van der Waals surface area contributed by atoms with E-state index in [1.807, 2.05) is 6.07 Å². The maximum Gasteiger partial charge on any atom is 0.250 e. The molecular formula is C15H20N2O. The van der Waals surface area contributed by atoms with E-state index < -0.39 is 0 Å². The predicted octanol–water partition coefficient (Wildman–Crippen LogP) is 1.82. The summed E-state index contributed by atoms with van der Waals surface area (Å²) in [6, 6.07) is 6.55. The van der Waals surface area contributed by atoms with Gasteiger partial charge in [-0.05, 0) is 50.8 Å². The summed E-state index contributed by atoms with van der Waals surface area (Å²) in [7, 11) is 0. The Morgan fingerprint density at radius 2 is 1.94 bits per heavy atom. The summed E-state index contributed by atoms with van der Waals surface area (Å²) in [6.45, 7) is 3.50. The average molecular weight is 244 g/mol. The van der Waals surface area contributed by atoms with Crippen LogP contribution < -0.4 is 5.56 Å². The summed E-state index contributed by atoms with van der Waals surface area (Å²) in [5, 5.41) is 0. The van der Waals surface area contributed by atoms with Gasteiger partial charge in [0.15, 0.2) is 0 Å². The van der Waals surface area contributed by atoms with Gasteiger partial charge in [0, 0.05) is 30.3 Å². The van der Waals surface area contributed by atoms with Gasteiger partial charge >= 0.3 is 0 Å². The van der Waals surface area contributed by atoms with Crippen LogP contribution in [0.15, 0.2) is 23.0 Å². The molecule has 0 bridgehead atoms. The van der Waals surface area contributed by atoms with Gasteiger partial charge in [0.1, 0.15) is 0 Å². The fourth-order valence-electron chi connectivity index (χ4n) is 4.52. The lowest BCUT2D eigenvalue weighted by Gasteiger charge is -2.52. The zero-order valence-electron chi connectivity index (χ0n) is 10.7. The van der Waals surface area contributed by atoms with Crippen LogP contribution in [0.4, 0.5) is 0 Å². The first kappa shape index (κ1) is 10.8. The molecule has 2 saturated heterocycles. The Kier molecular flexibility index (Phi) is 2.37. The van der Waals surface area contributed by atoms with Gasteiger partial charge in [-0.25, -0.2) is 0 Å². The van der Waals surface area contributed by atoms with Crippen LogP contribution in [0.2, 0.25) is 0 Å². The highest BCUT2D eigenvalue weighted by atomic mass is 16.1. The second kappa shape index (κ2) is 3.95. The van der Waals surface area contributed by atoms with E-state index in [2.05, 4.69) is 15.5 Å². The van der Waals surface area contributed by atoms with Crippen LogP contribution in [-0.4, -0.2) is 28.6 Å². The van der Waals surface area contributed by atoms with Crippen molar-refractivity contribution in [1.29, 1.82) is 0 Å². The number of aromatic nitrogens is 1. The molecule has 0 unspecified atom stereocenters. The van der Waals surface area contributed by atoms with Gasteiger partial charge in [0.2, 0.25) is 0 Å². The maximum atomic E-state index is 12.0. The molecule has 18 heavy (non-hydrogen) atoms. The minimum Gasteiger partial charge on any atom is -0.312 e. The molecule has 1 aromatic rings. The first-order valence-electron chi connectivity index (χ1n) is 7.28.